The van der Waals surface area contributed by atoms with Crippen molar-refractivity contribution >= 4 is 17.8 Å². The number of carbonyl (C=O) groups excluding carboxylic acids is 2. The van der Waals surface area contributed by atoms with Crippen LogP contribution in [0, 0.1) is 0 Å². The molecule has 1 unspecified atom stereocenters. The number of rotatable bonds is 4. The number of ether oxygens (including phenoxy) is 1. The minimum Gasteiger partial charge on any atom is -0.377 e. The van der Waals surface area contributed by atoms with Crippen molar-refractivity contribution < 1.29 is 14.3 Å². The summed E-state index contributed by atoms with van der Waals surface area (Å²) in [4.78, 5) is 29.8. The van der Waals surface area contributed by atoms with E-state index in [9.17, 15) is 9.59 Å². The zero-order valence-corrected chi connectivity index (χ0v) is 11.6. The SMILES string of the molecule is Nc1ncn(CC(=O)N2CCOCC2C(=O)NC2CC2)n1. The minimum atomic E-state index is -0.576. The summed E-state index contributed by atoms with van der Waals surface area (Å²) in [5.74, 6) is -0.226. The van der Waals surface area contributed by atoms with Crippen LogP contribution in [-0.4, -0.2) is 63.3 Å². The van der Waals surface area contributed by atoms with E-state index in [1.165, 1.54) is 11.0 Å². The highest BCUT2D eigenvalue weighted by Crippen LogP contribution is 2.19. The zero-order chi connectivity index (χ0) is 14.8. The lowest BCUT2D eigenvalue weighted by Gasteiger charge is -2.34. The molecule has 114 valence electrons. The van der Waals surface area contributed by atoms with Crippen molar-refractivity contribution in [3.05, 3.63) is 6.33 Å². The summed E-state index contributed by atoms with van der Waals surface area (Å²) >= 11 is 0. The predicted molar refractivity (Wildman–Crippen MR) is 71.9 cm³/mol. The Morgan fingerprint density at radius 1 is 1.48 bits per heavy atom. The molecule has 1 aromatic rings. The lowest BCUT2D eigenvalue weighted by molar-refractivity contribution is -0.149. The third-order valence-electron chi connectivity index (χ3n) is 3.53. The molecule has 0 radical (unpaired) electrons. The van der Waals surface area contributed by atoms with E-state index in [2.05, 4.69) is 15.4 Å². The molecule has 2 fully saturated rings. The Kier molecular flexibility index (Phi) is 3.74. The Morgan fingerprint density at radius 3 is 2.95 bits per heavy atom. The maximum atomic E-state index is 12.4. The Morgan fingerprint density at radius 2 is 2.29 bits per heavy atom. The average molecular weight is 294 g/mol. The Balaban J connectivity index is 1.64. The molecule has 2 amide bonds. The fraction of sp³-hybridized carbons (Fsp3) is 0.667. The van der Waals surface area contributed by atoms with Gasteiger partial charge in [-0.25, -0.2) is 9.67 Å². The molecule has 0 aromatic carbocycles. The van der Waals surface area contributed by atoms with Crippen LogP contribution < -0.4 is 11.1 Å². The highest BCUT2D eigenvalue weighted by atomic mass is 16.5. The van der Waals surface area contributed by atoms with Gasteiger partial charge in [-0.2, -0.15) is 0 Å². The van der Waals surface area contributed by atoms with Crippen LogP contribution in [0.4, 0.5) is 5.95 Å². The average Bonchev–Trinajstić information content (AvgIpc) is 3.20. The first-order valence-corrected chi connectivity index (χ1v) is 6.96. The summed E-state index contributed by atoms with van der Waals surface area (Å²) in [6.07, 6.45) is 3.41. The maximum Gasteiger partial charge on any atom is 0.245 e. The van der Waals surface area contributed by atoms with Crippen molar-refractivity contribution in [3.8, 4) is 0 Å². The molecule has 2 heterocycles. The van der Waals surface area contributed by atoms with E-state index in [1.54, 1.807) is 4.90 Å². The van der Waals surface area contributed by atoms with E-state index in [4.69, 9.17) is 10.5 Å². The maximum absolute atomic E-state index is 12.4. The molecular formula is C12H18N6O3. The summed E-state index contributed by atoms with van der Waals surface area (Å²) in [7, 11) is 0. The summed E-state index contributed by atoms with van der Waals surface area (Å²) in [5.41, 5.74) is 5.42. The quantitative estimate of drug-likeness (QED) is 0.688. The van der Waals surface area contributed by atoms with Gasteiger partial charge < -0.3 is 20.7 Å². The number of hydrogen-bond donors (Lipinski definition) is 2. The van der Waals surface area contributed by atoms with Gasteiger partial charge in [-0.3, -0.25) is 9.59 Å². The highest BCUT2D eigenvalue weighted by Gasteiger charge is 2.35. The molecule has 1 aromatic heterocycles. The second-order valence-corrected chi connectivity index (χ2v) is 5.26. The van der Waals surface area contributed by atoms with E-state index in [-0.39, 0.29) is 37.0 Å². The molecule has 1 aliphatic carbocycles. The first kappa shape index (κ1) is 13.8. The van der Waals surface area contributed by atoms with Crippen LogP contribution in [-0.2, 0) is 20.9 Å². The molecule has 0 bridgehead atoms. The van der Waals surface area contributed by atoms with Crippen LogP contribution in [0.3, 0.4) is 0 Å². The number of nitrogens with zero attached hydrogens (tertiary/aromatic N) is 4. The monoisotopic (exact) mass is 294 g/mol. The largest absolute Gasteiger partial charge is 0.377 e. The number of amides is 2. The molecule has 1 aliphatic heterocycles. The van der Waals surface area contributed by atoms with Crippen molar-refractivity contribution in [2.75, 3.05) is 25.5 Å². The van der Waals surface area contributed by atoms with Gasteiger partial charge in [-0.15, -0.1) is 5.10 Å². The van der Waals surface area contributed by atoms with Crippen molar-refractivity contribution in [3.63, 3.8) is 0 Å². The van der Waals surface area contributed by atoms with E-state index in [0.29, 0.717) is 13.2 Å². The van der Waals surface area contributed by atoms with Gasteiger partial charge in [0.25, 0.3) is 0 Å². The fourth-order valence-electron chi connectivity index (χ4n) is 2.26. The topological polar surface area (TPSA) is 115 Å². The summed E-state index contributed by atoms with van der Waals surface area (Å²) < 4.78 is 6.69. The van der Waals surface area contributed by atoms with Gasteiger partial charge in [0, 0.05) is 12.6 Å². The standard InChI is InChI=1S/C12H18N6O3/c13-12-14-7-17(16-12)5-10(19)18-3-4-21-6-9(18)11(20)15-8-1-2-8/h7-9H,1-6H2,(H2,13,16)(H,15,20). The molecular weight excluding hydrogens is 276 g/mol. The van der Waals surface area contributed by atoms with E-state index in [0.717, 1.165) is 12.8 Å². The molecule has 1 saturated carbocycles. The highest BCUT2D eigenvalue weighted by molar-refractivity contribution is 5.88. The number of morpholine rings is 1. The van der Waals surface area contributed by atoms with Crippen LogP contribution >= 0.6 is 0 Å². The Labute approximate surface area is 121 Å². The van der Waals surface area contributed by atoms with Gasteiger partial charge in [0.2, 0.25) is 17.8 Å². The second kappa shape index (κ2) is 5.68. The number of carbonyl (C=O) groups is 2. The summed E-state index contributed by atoms with van der Waals surface area (Å²) in [6, 6.07) is -0.320. The fourth-order valence-corrected chi connectivity index (χ4v) is 2.26. The van der Waals surface area contributed by atoms with Crippen LogP contribution in [0.2, 0.25) is 0 Å². The summed E-state index contributed by atoms with van der Waals surface area (Å²) in [5, 5.41) is 6.79. The van der Waals surface area contributed by atoms with Crippen molar-refractivity contribution in [2.24, 2.45) is 0 Å². The van der Waals surface area contributed by atoms with E-state index < -0.39 is 6.04 Å². The van der Waals surface area contributed by atoms with Gasteiger partial charge in [0.1, 0.15) is 18.9 Å². The zero-order valence-electron chi connectivity index (χ0n) is 11.6. The molecule has 1 atom stereocenters. The third-order valence-corrected chi connectivity index (χ3v) is 3.53. The van der Waals surface area contributed by atoms with Gasteiger partial charge in [-0.1, -0.05) is 0 Å². The third kappa shape index (κ3) is 3.30. The molecule has 2 aliphatic rings. The lowest BCUT2D eigenvalue weighted by Crippen LogP contribution is -2.56. The van der Waals surface area contributed by atoms with Crippen molar-refractivity contribution in [1.82, 2.24) is 25.0 Å². The first-order chi connectivity index (χ1) is 10.1. The van der Waals surface area contributed by atoms with Gasteiger partial charge >= 0.3 is 0 Å². The molecule has 9 nitrogen and oxygen atoms in total. The molecule has 9 heteroatoms. The lowest BCUT2D eigenvalue weighted by atomic mass is 10.2. The molecule has 1 saturated heterocycles. The van der Waals surface area contributed by atoms with Crippen LogP contribution in [0.5, 0.6) is 0 Å². The molecule has 3 rings (SSSR count). The van der Waals surface area contributed by atoms with Crippen molar-refractivity contribution in [1.29, 1.82) is 0 Å². The van der Waals surface area contributed by atoms with Crippen molar-refractivity contribution in [2.45, 2.75) is 31.5 Å². The summed E-state index contributed by atoms with van der Waals surface area (Å²) in [6.45, 7) is 1.06. The van der Waals surface area contributed by atoms with Crippen LogP contribution in [0.25, 0.3) is 0 Å². The van der Waals surface area contributed by atoms with Crippen LogP contribution in [0.1, 0.15) is 12.8 Å². The number of anilines is 1. The minimum absolute atomic E-state index is 0.0113. The van der Waals surface area contributed by atoms with Gasteiger partial charge in [-0.05, 0) is 12.8 Å². The van der Waals surface area contributed by atoms with Crippen LogP contribution in [0.15, 0.2) is 6.33 Å². The Bertz CT molecular complexity index is 541. The first-order valence-electron chi connectivity index (χ1n) is 6.96. The molecule has 21 heavy (non-hydrogen) atoms. The van der Waals surface area contributed by atoms with Gasteiger partial charge in [0.15, 0.2) is 0 Å². The smallest absolute Gasteiger partial charge is 0.245 e. The van der Waals surface area contributed by atoms with E-state index >= 15 is 0 Å². The molecule has 3 N–H and O–H groups in total. The number of aromatic nitrogens is 3. The Hall–Kier alpha value is -2.16. The number of nitrogens with two attached hydrogens (primary N) is 1. The second-order valence-electron chi connectivity index (χ2n) is 5.26. The number of nitrogens with one attached hydrogen (secondary N) is 1. The number of nitrogen functional groups attached to an aromatic ring is 1. The van der Waals surface area contributed by atoms with E-state index in [1.807, 2.05) is 0 Å². The predicted octanol–water partition coefficient (Wildman–Crippen LogP) is -1.63. The molecule has 0 spiro atoms. The van der Waals surface area contributed by atoms with Gasteiger partial charge in [0.05, 0.1) is 13.2 Å². The number of hydrogen-bond acceptors (Lipinski definition) is 6. The normalized spacial score (nSPS) is 22.1.